The van der Waals surface area contributed by atoms with Gasteiger partial charge in [-0.3, -0.25) is 4.79 Å². The number of benzene rings is 1. The Morgan fingerprint density at radius 3 is 1.92 bits per heavy atom. The summed E-state index contributed by atoms with van der Waals surface area (Å²) in [5.41, 5.74) is -3.71. The maximum absolute atomic E-state index is 12.8. The first kappa shape index (κ1) is 18.9. The van der Waals surface area contributed by atoms with Gasteiger partial charge >= 0.3 is 12.4 Å². The quantitative estimate of drug-likeness (QED) is 0.621. The Balaban J connectivity index is 2.09. The molecule has 1 N–H and O–H groups in total. The summed E-state index contributed by atoms with van der Waals surface area (Å²) in [5, 5.41) is 2.33. The lowest BCUT2D eigenvalue weighted by atomic mass is 10.0. The fourth-order valence-corrected chi connectivity index (χ4v) is 2.17. The zero-order valence-corrected chi connectivity index (χ0v) is 12.8. The van der Waals surface area contributed by atoms with E-state index in [1.807, 2.05) is 4.57 Å². The molecule has 3 nitrogen and oxygen atoms in total. The van der Waals surface area contributed by atoms with Gasteiger partial charge < -0.3 is 9.88 Å². The van der Waals surface area contributed by atoms with Gasteiger partial charge in [0.25, 0.3) is 5.91 Å². The molecule has 9 heteroatoms. The van der Waals surface area contributed by atoms with E-state index in [4.69, 9.17) is 0 Å². The summed E-state index contributed by atoms with van der Waals surface area (Å²) in [5.74, 6) is -0.982. The van der Waals surface area contributed by atoms with Gasteiger partial charge in [-0.2, -0.15) is 26.3 Å². The highest BCUT2D eigenvalue weighted by atomic mass is 19.4. The second kappa shape index (κ2) is 7.20. The smallest absolute Gasteiger partial charge is 0.354 e. The molecule has 0 unspecified atom stereocenters. The Kier molecular flexibility index (Phi) is 5.44. The number of carbonyl (C=O) groups is 1. The van der Waals surface area contributed by atoms with Crippen molar-refractivity contribution in [2.24, 2.45) is 0 Å². The van der Waals surface area contributed by atoms with Crippen LogP contribution in [0.5, 0.6) is 0 Å². The third kappa shape index (κ3) is 5.27. The van der Waals surface area contributed by atoms with E-state index in [9.17, 15) is 31.1 Å². The molecule has 25 heavy (non-hydrogen) atoms. The Bertz CT molecular complexity index is 687. The van der Waals surface area contributed by atoms with Crippen LogP contribution in [0, 0.1) is 0 Å². The third-order valence-electron chi connectivity index (χ3n) is 3.39. The van der Waals surface area contributed by atoms with Crippen LogP contribution in [0.15, 0.2) is 42.7 Å². The Hall–Kier alpha value is -2.45. The van der Waals surface area contributed by atoms with Crippen LogP contribution in [-0.4, -0.2) is 17.0 Å². The summed E-state index contributed by atoms with van der Waals surface area (Å²) in [7, 11) is 0. The number of hydrogen-bond acceptors (Lipinski definition) is 1. The lowest BCUT2D eigenvalue weighted by Crippen LogP contribution is -2.26. The predicted octanol–water partition coefficient (Wildman–Crippen LogP) is 4.35. The number of alkyl halides is 6. The largest absolute Gasteiger partial charge is 0.416 e. The van der Waals surface area contributed by atoms with Crippen LogP contribution >= 0.6 is 0 Å². The van der Waals surface area contributed by atoms with Gasteiger partial charge in [-0.1, -0.05) is 0 Å². The molecule has 0 spiro atoms. The van der Waals surface area contributed by atoms with Crippen LogP contribution in [0.4, 0.5) is 26.3 Å². The van der Waals surface area contributed by atoms with Gasteiger partial charge in [0.2, 0.25) is 0 Å². The summed E-state index contributed by atoms with van der Waals surface area (Å²) >= 11 is 0. The van der Waals surface area contributed by atoms with Gasteiger partial charge in [0.1, 0.15) is 0 Å². The molecule has 1 aromatic carbocycles. The molecule has 0 aliphatic carbocycles. The highest BCUT2D eigenvalue weighted by molar-refractivity contribution is 5.94. The Morgan fingerprint density at radius 2 is 1.44 bits per heavy atom. The first-order chi connectivity index (χ1) is 11.6. The van der Waals surface area contributed by atoms with Crippen molar-refractivity contribution in [3.63, 3.8) is 0 Å². The third-order valence-corrected chi connectivity index (χ3v) is 3.39. The van der Waals surface area contributed by atoms with Gasteiger partial charge in [-0.05, 0) is 36.8 Å². The van der Waals surface area contributed by atoms with Crippen LogP contribution in [0.2, 0.25) is 0 Å². The summed E-state index contributed by atoms with van der Waals surface area (Å²) in [6, 6.07) is 4.43. The van der Waals surface area contributed by atoms with E-state index in [1.54, 1.807) is 24.5 Å². The van der Waals surface area contributed by atoms with E-state index in [0.717, 1.165) is 0 Å². The van der Waals surface area contributed by atoms with Crippen molar-refractivity contribution in [1.29, 1.82) is 0 Å². The van der Waals surface area contributed by atoms with E-state index in [0.29, 0.717) is 25.1 Å². The minimum absolute atomic E-state index is 0.0111. The van der Waals surface area contributed by atoms with Crippen molar-refractivity contribution in [3.8, 4) is 0 Å². The fraction of sp³-hybridized carbons (Fsp3) is 0.312. The molecule has 136 valence electrons. The normalized spacial score (nSPS) is 12.2. The minimum Gasteiger partial charge on any atom is -0.354 e. The molecule has 0 aliphatic rings. The number of halogens is 6. The van der Waals surface area contributed by atoms with Crippen molar-refractivity contribution in [3.05, 3.63) is 59.4 Å². The molecule has 0 radical (unpaired) electrons. The Morgan fingerprint density at radius 1 is 0.920 bits per heavy atom. The molecule has 1 amide bonds. The SMILES string of the molecule is O=C(NCCCn1cccc1)c1cc(C(F)(F)F)cc(C(F)(F)F)c1. The number of carbonyl (C=O) groups excluding carboxylic acids is 1. The second-order valence-corrected chi connectivity index (χ2v) is 5.32. The fourth-order valence-electron chi connectivity index (χ4n) is 2.17. The number of aryl methyl sites for hydroxylation is 1. The highest BCUT2D eigenvalue weighted by Crippen LogP contribution is 2.36. The molecule has 1 aromatic heterocycles. The zero-order chi connectivity index (χ0) is 18.7. The van der Waals surface area contributed by atoms with Crippen LogP contribution in [0.3, 0.4) is 0 Å². The van der Waals surface area contributed by atoms with Crippen LogP contribution < -0.4 is 5.32 Å². The molecule has 0 bridgehead atoms. The van der Waals surface area contributed by atoms with E-state index < -0.39 is 35.0 Å². The lowest BCUT2D eigenvalue weighted by Gasteiger charge is -2.14. The molecular weight excluding hydrogens is 350 g/mol. The molecule has 0 saturated heterocycles. The van der Waals surface area contributed by atoms with Gasteiger partial charge in [-0.25, -0.2) is 0 Å². The standard InChI is InChI=1S/C16H14F6N2O/c17-15(18,19)12-8-11(9-13(10-12)16(20,21)22)14(25)23-4-3-7-24-5-1-2-6-24/h1-2,5-6,8-10H,3-4,7H2,(H,23,25). The van der Waals surface area contributed by atoms with Crippen LogP contribution in [0.1, 0.15) is 27.9 Å². The van der Waals surface area contributed by atoms with Crippen LogP contribution in [-0.2, 0) is 18.9 Å². The second-order valence-electron chi connectivity index (χ2n) is 5.32. The predicted molar refractivity (Wildman–Crippen MR) is 77.8 cm³/mol. The number of rotatable bonds is 5. The van der Waals surface area contributed by atoms with Gasteiger partial charge in [0.05, 0.1) is 11.1 Å². The molecule has 0 fully saturated rings. The maximum atomic E-state index is 12.8. The van der Waals surface area contributed by atoms with E-state index in [1.165, 1.54) is 0 Å². The maximum Gasteiger partial charge on any atom is 0.416 e. The van der Waals surface area contributed by atoms with Crippen molar-refractivity contribution in [2.45, 2.75) is 25.3 Å². The number of hydrogen-bond donors (Lipinski definition) is 1. The summed E-state index contributed by atoms with van der Waals surface area (Å²) in [6.45, 7) is 0.679. The topological polar surface area (TPSA) is 34.0 Å². The number of aromatic nitrogens is 1. The summed E-state index contributed by atoms with van der Waals surface area (Å²) < 4.78 is 78.4. The van der Waals surface area contributed by atoms with Gasteiger partial charge in [0.15, 0.2) is 0 Å². The average molecular weight is 364 g/mol. The number of amides is 1. The van der Waals surface area contributed by atoms with Crippen molar-refractivity contribution in [2.75, 3.05) is 6.54 Å². The summed E-state index contributed by atoms with van der Waals surface area (Å²) in [6.07, 6.45) is -5.89. The average Bonchev–Trinajstić information content (AvgIpc) is 3.02. The van der Waals surface area contributed by atoms with Gasteiger partial charge in [0, 0.05) is 31.0 Å². The van der Waals surface area contributed by atoms with Gasteiger partial charge in [-0.15, -0.1) is 0 Å². The molecule has 1 heterocycles. The summed E-state index contributed by atoms with van der Waals surface area (Å²) in [4.78, 5) is 11.9. The molecule has 0 saturated carbocycles. The molecule has 0 aliphatic heterocycles. The minimum atomic E-state index is -4.98. The number of nitrogens with one attached hydrogen (secondary N) is 1. The number of nitrogens with zero attached hydrogens (tertiary/aromatic N) is 1. The zero-order valence-electron chi connectivity index (χ0n) is 12.8. The van der Waals surface area contributed by atoms with Crippen molar-refractivity contribution >= 4 is 5.91 Å². The Labute approximate surface area is 139 Å². The molecule has 0 atom stereocenters. The van der Waals surface area contributed by atoms with E-state index >= 15 is 0 Å². The lowest BCUT2D eigenvalue weighted by molar-refractivity contribution is -0.143. The first-order valence-corrected chi connectivity index (χ1v) is 7.26. The van der Waals surface area contributed by atoms with Crippen molar-refractivity contribution in [1.82, 2.24) is 9.88 Å². The molecule has 2 rings (SSSR count). The van der Waals surface area contributed by atoms with E-state index in [2.05, 4.69) is 5.32 Å². The van der Waals surface area contributed by atoms with E-state index in [-0.39, 0.29) is 12.6 Å². The first-order valence-electron chi connectivity index (χ1n) is 7.26. The van der Waals surface area contributed by atoms with Crippen molar-refractivity contribution < 1.29 is 31.1 Å². The monoisotopic (exact) mass is 364 g/mol. The molecule has 2 aromatic rings. The van der Waals surface area contributed by atoms with Crippen LogP contribution in [0.25, 0.3) is 0 Å². The highest BCUT2D eigenvalue weighted by Gasteiger charge is 2.37. The molecular formula is C16H14F6N2O.